The Morgan fingerprint density at radius 2 is 1.28 bits per heavy atom. The minimum Gasteiger partial charge on any atom is -0.459 e. The number of Topliss-reactive ketones (excluding diaryl/α,β-unsaturated/α-hetero) is 1. The highest BCUT2D eigenvalue weighted by Gasteiger charge is 2.54. The van der Waals surface area contributed by atoms with Crippen molar-refractivity contribution in [3.8, 4) is 0 Å². The van der Waals surface area contributed by atoms with Crippen molar-refractivity contribution in [2.45, 2.75) is 63.2 Å². The van der Waals surface area contributed by atoms with E-state index < -0.39 is 61.1 Å². The van der Waals surface area contributed by atoms with E-state index in [-0.39, 0.29) is 16.9 Å². The predicted molar refractivity (Wildman–Crippen MR) is 169 cm³/mol. The summed E-state index contributed by atoms with van der Waals surface area (Å²) in [6.45, 7) is 1.64. The van der Waals surface area contributed by atoms with Crippen LogP contribution in [0.4, 0.5) is 4.79 Å². The molecule has 2 heterocycles. The second-order valence-electron chi connectivity index (χ2n) is 11.1. The van der Waals surface area contributed by atoms with Crippen molar-refractivity contribution in [1.82, 2.24) is 10.2 Å². The Hall–Kier alpha value is -5.29. The second-order valence-corrected chi connectivity index (χ2v) is 11.1. The summed E-state index contributed by atoms with van der Waals surface area (Å²) in [5, 5.41) is 2.68. The molecule has 11 heteroatoms. The van der Waals surface area contributed by atoms with Crippen molar-refractivity contribution in [2.75, 3.05) is 6.61 Å². The third-order valence-electron chi connectivity index (χ3n) is 7.78. The number of ketones is 1. The van der Waals surface area contributed by atoms with Crippen LogP contribution in [0.2, 0.25) is 0 Å². The maximum atomic E-state index is 13.4. The number of nitrogens with zero attached hydrogens (tertiary/aromatic N) is 1. The van der Waals surface area contributed by atoms with Crippen LogP contribution in [0.25, 0.3) is 0 Å². The van der Waals surface area contributed by atoms with Crippen LogP contribution >= 0.6 is 0 Å². The standard InChI is InChI=1S/C36H36N2O9/c1-2-3-7-20-28(39)27-21-22-38(36(43)37-27)32-31(47-35(42)26-18-12-6-13-19-26)30(46-34(41)25-16-10-5-11-17-25)29(45-32)23-44-33(40)24-14-8-4-9-15-24/h4-6,8-19,21-22,27,29-32H,2-3,7,20,23H2,1H3,(H,37,43)/t27?,29-,30+,31+,32-/m1/s1. The van der Waals surface area contributed by atoms with Gasteiger partial charge in [-0.1, -0.05) is 74.4 Å². The van der Waals surface area contributed by atoms with E-state index in [4.69, 9.17) is 18.9 Å². The van der Waals surface area contributed by atoms with Crippen LogP contribution in [0.5, 0.6) is 0 Å². The summed E-state index contributed by atoms with van der Waals surface area (Å²) in [5.74, 6) is -2.28. The number of hydrogen-bond acceptors (Lipinski definition) is 9. The van der Waals surface area contributed by atoms with Gasteiger partial charge >= 0.3 is 23.9 Å². The molecule has 0 aromatic heterocycles. The zero-order chi connectivity index (χ0) is 33.2. The summed E-state index contributed by atoms with van der Waals surface area (Å²) >= 11 is 0. The van der Waals surface area contributed by atoms with E-state index in [1.54, 1.807) is 91.0 Å². The lowest BCUT2D eigenvalue weighted by atomic mass is 10.0. The SMILES string of the molecule is CCCCCC(=O)C1C=CN([C@@H]2O[C@H](COC(=O)c3ccccc3)[C@H](OC(=O)c3ccccc3)[C@@H]2OC(=O)c2ccccc2)C(=O)N1. The van der Waals surface area contributed by atoms with E-state index >= 15 is 0 Å². The number of amides is 2. The Labute approximate surface area is 272 Å². The molecule has 2 aliphatic rings. The fraction of sp³-hybridized carbons (Fsp3) is 0.306. The summed E-state index contributed by atoms with van der Waals surface area (Å²) in [6, 6.07) is 23.1. The first-order valence-electron chi connectivity index (χ1n) is 15.5. The lowest BCUT2D eigenvalue weighted by Gasteiger charge is -2.33. The van der Waals surface area contributed by atoms with Crippen molar-refractivity contribution in [1.29, 1.82) is 0 Å². The Morgan fingerprint density at radius 3 is 1.81 bits per heavy atom. The van der Waals surface area contributed by atoms with E-state index in [0.29, 0.717) is 18.4 Å². The zero-order valence-corrected chi connectivity index (χ0v) is 25.9. The molecule has 1 unspecified atom stereocenters. The van der Waals surface area contributed by atoms with Gasteiger partial charge in [-0.15, -0.1) is 0 Å². The first-order chi connectivity index (χ1) is 22.9. The van der Waals surface area contributed by atoms with E-state index in [9.17, 15) is 24.0 Å². The molecule has 11 nitrogen and oxygen atoms in total. The molecule has 1 N–H and O–H groups in total. The van der Waals surface area contributed by atoms with Crippen molar-refractivity contribution in [3.05, 3.63) is 120 Å². The molecule has 0 aliphatic carbocycles. The molecule has 0 bridgehead atoms. The zero-order valence-electron chi connectivity index (χ0n) is 25.9. The van der Waals surface area contributed by atoms with Gasteiger partial charge in [0, 0.05) is 12.6 Å². The first kappa shape index (κ1) is 33.1. The molecule has 0 radical (unpaired) electrons. The first-order valence-corrected chi connectivity index (χ1v) is 15.5. The highest BCUT2D eigenvalue weighted by atomic mass is 16.7. The number of carbonyl (C=O) groups excluding carboxylic acids is 5. The topological polar surface area (TPSA) is 138 Å². The predicted octanol–water partition coefficient (Wildman–Crippen LogP) is 5.08. The molecule has 5 atom stereocenters. The summed E-state index contributed by atoms with van der Waals surface area (Å²) in [4.78, 5) is 66.8. The van der Waals surface area contributed by atoms with Crippen molar-refractivity contribution in [2.24, 2.45) is 0 Å². The number of esters is 3. The highest BCUT2D eigenvalue weighted by molar-refractivity contribution is 5.92. The molecule has 1 saturated heterocycles. The smallest absolute Gasteiger partial charge is 0.338 e. The molecule has 47 heavy (non-hydrogen) atoms. The molecule has 2 amide bonds. The second kappa shape index (κ2) is 15.8. The number of benzene rings is 3. The number of urea groups is 1. The third-order valence-corrected chi connectivity index (χ3v) is 7.78. The number of rotatable bonds is 13. The summed E-state index contributed by atoms with van der Waals surface area (Å²) in [7, 11) is 0. The van der Waals surface area contributed by atoms with Gasteiger partial charge in [-0.25, -0.2) is 19.2 Å². The molecular formula is C36H36N2O9. The average Bonchev–Trinajstić information content (AvgIpc) is 3.43. The lowest BCUT2D eigenvalue weighted by Crippen LogP contribution is -2.55. The van der Waals surface area contributed by atoms with Crippen molar-refractivity contribution < 1.29 is 42.9 Å². The van der Waals surface area contributed by atoms with Gasteiger partial charge in [-0.05, 0) is 48.9 Å². The lowest BCUT2D eigenvalue weighted by molar-refractivity contribution is -0.120. The minimum atomic E-state index is -1.36. The van der Waals surface area contributed by atoms with Crippen LogP contribution in [-0.4, -0.2) is 71.8 Å². The fourth-order valence-corrected chi connectivity index (χ4v) is 5.28. The van der Waals surface area contributed by atoms with Gasteiger partial charge in [0.15, 0.2) is 24.2 Å². The molecule has 5 rings (SSSR count). The molecule has 2 aliphatic heterocycles. The van der Waals surface area contributed by atoms with Gasteiger partial charge in [0.1, 0.15) is 18.8 Å². The Balaban J connectivity index is 1.44. The third kappa shape index (κ3) is 8.30. The summed E-state index contributed by atoms with van der Waals surface area (Å²) < 4.78 is 23.6. The van der Waals surface area contributed by atoms with Crippen LogP contribution in [-0.2, 0) is 23.7 Å². The van der Waals surface area contributed by atoms with E-state index in [2.05, 4.69) is 5.32 Å². The fourth-order valence-electron chi connectivity index (χ4n) is 5.28. The van der Waals surface area contributed by atoms with Gasteiger partial charge in [0.25, 0.3) is 0 Å². The number of nitrogens with one attached hydrogen (secondary N) is 1. The normalized spacial score (nSPS) is 21.9. The van der Waals surface area contributed by atoms with Crippen molar-refractivity contribution >= 4 is 29.7 Å². The van der Waals surface area contributed by atoms with E-state index in [0.717, 1.165) is 17.7 Å². The molecule has 244 valence electrons. The molecule has 3 aromatic rings. The van der Waals surface area contributed by atoms with Gasteiger partial charge in [-0.3, -0.25) is 9.69 Å². The van der Waals surface area contributed by atoms with Crippen molar-refractivity contribution in [3.63, 3.8) is 0 Å². The molecule has 0 spiro atoms. The largest absolute Gasteiger partial charge is 0.459 e. The molecule has 0 saturated carbocycles. The number of ether oxygens (including phenoxy) is 4. The molecule has 3 aromatic carbocycles. The summed E-state index contributed by atoms with van der Waals surface area (Å²) in [6.07, 6.45) is 0.661. The average molecular weight is 641 g/mol. The minimum absolute atomic E-state index is 0.137. The van der Waals surface area contributed by atoms with Crippen LogP contribution in [0.15, 0.2) is 103 Å². The van der Waals surface area contributed by atoms with Gasteiger partial charge < -0.3 is 24.3 Å². The van der Waals surface area contributed by atoms with Crippen LogP contribution in [0.1, 0.15) is 63.7 Å². The van der Waals surface area contributed by atoms with E-state index in [1.165, 1.54) is 12.3 Å². The summed E-state index contributed by atoms with van der Waals surface area (Å²) in [5.41, 5.74) is 0.735. The van der Waals surface area contributed by atoms with Gasteiger partial charge in [0.05, 0.1) is 16.7 Å². The maximum absolute atomic E-state index is 13.4. The maximum Gasteiger partial charge on any atom is 0.338 e. The van der Waals surface area contributed by atoms with Crippen LogP contribution < -0.4 is 5.32 Å². The van der Waals surface area contributed by atoms with Crippen LogP contribution in [0, 0.1) is 0 Å². The Kier molecular flexibility index (Phi) is 11.1. The number of hydrogen-bond donors (Lipinski definition) is 1. The quantitative estimate of drug-likeness (QED) is 0.154. The number of unbranched alkanes of at least 4 members (excludes halogenated alkanes) is 2. The Morgan fingerprint density at radius 1 is 0.745 bits per heavy atom. The van der Waals surface area contributed by atoms with Gasteiger partial charge in [-0.2, -0.15) is 0 Å². The molecule has 1 fully saturated rings. The number of carbonyl (C=O) groups is 5. The highest BCUT2D eigenvalue weighted by Crippen LogP contribution is 2.32. The molecular weight excluding hydrogens is 604 g/mol. The van der Waals surface area contributed by atoms with E-state index in [1.807, 2.05) is 6.92 Å². The van der Waals surface area contributed by atoms with Gasteiger partial charge in [0.2, 0.25) is 0 Å². The van der Waals surface area contributed by atoms with Crippen LogP contribution in [0.3, 0.4) is 0 Å². The Bertz CT molecular complexity index is 1580. The monoisotopic (exact) mass is 640 g/mol.